The lowest BCUT2D eigenvalue weighted by atomic mass is 9.78. The molecular weight excluding hydrogens is 252 g/mol. The molecule has 1 unspecified atom stereocenters. The van der Waals surface area contributed by atoms with Crippen LogP contribution in [0.25, 0.3) is 0 Å². The maximum Gasteiger partial charge on any atom is 0.323 e. The maximum atomic E-state index is 11.5. The third-order valence-electron chi connectivity index (χ3n) is 2.99. The number of hydrogen-bond acceptors (Lipinski definition) is 4. The Morgan fingerprint density at radius 1 is 1.39 bits per heavy atom. The SMILES string of the molecule is COC(=O)C(N)C(C)(C)c1ccc(C#N)cc1.Cl. The molecule has 0 bridgehead atoms. The Hall–Kier alpha value is -1.57. The molecule has 0 spiro atoms. The van der Waals surface area contributed by atoms with E-state index in [0.29, 0.717) is 5.56 Å². The fraction of sp³-hybridized carbons (Fsp3) is 0.385. The van der Waals surface area contributed by atoms with Crippen LogP contribution in [0, 0.1) is 11.3 Å². The number of ether oxygens (including phenoxy) is 1. The van der Waals surface area contributed by atoms with Gasteiger partial charge >= 0.3 is 5.97 Å². The van der Waals surface area contributed by atoms with E-state index in [9.17, 15) is 4.79 Å². The highest BCUT2D eigenvalue weighted by Gasteiger charge is 2.34. The van der Waals surface area contributed by atoms with E-state index in [2.05, 4.69) is 4.74 Å². The van der Waals surface area contributed by atoms with Crippen molar-refractivity contribution in [2.75, 3.05) is 7.11 Å². The first-order valence-corrected chi connectivity index (χ1v) is 5.27. The number of hydrogen-bond donors (Lipinski definition) is 1. The van der Waals surface area contributed by atoms with E-state index in [1.165, 1.54) is 7.11 Å². The van der Waals surface area contributed by atoms with E-state index >= 15 is 0 Å². The van der Waals surface area contributed by atoms with Gasteiger partial charge in [-0.1, -0.05) is 26.0 Å². The molecule has 1 rings (SSSR count). The van der Waals surface area contributed by atoms with E-state index in [0.717, 1.165) is 5.56 Å². The summed E-state index contributed by atoms with van der Waals surface area (Å²) >= 11 is 0. The van der Waals surface area contributed by atoms with Gasteiger partial charge in [-0.2, -0.15) is 5.26 Å². The first-order chi connectivity index (χ1) is 7.93. The molecule has 0 heterocycles. The molecule has 4 nitrogen and oxygen atoms in total. The predicted molar refractivity (Wildman–Crippen MR) is 71.4 cm³/mol. The number of carbonyl (C=O) groups excluding carboxylic acids is 1. The molecule has 0 aliphatic rings. The topological polar surface area (TPSA) is 76.1 Å². The highest BCUT2D eigenvalue weighted by molar-refractivity contribution is 5.85. The molecule has 0 aromatic heterocycles. The molecule has 5 heteroatoms. The molecular formula is C13H17ClN2O2. The Bertz CT molecular complexity index is 449. The third-order valence-corrected chi connectivity index (χ3v) is 2.99. The van der Waals surface area contributed by atoms with Crippen LogP contribution < -0.4 is 5.73 Å². The number of nitriles is 1. The molecule has 98 valence electrons. The minimum atomic E-state index is -0.736. The Kier molecular flexibility index (Phi) is 5.83. The summed E-state index contributed by atoms with van der Waals surface area (Å²) in [4.78, 5) is 11.5. The van der Waals surface area contributed by atoms with Gasteiger partial charge in [-0.15, -0.1) is 12.4 Å². The minimum absolute atomic E-state index is 0. The van der Waals surface area contributed by atoms with E-state index in [1.54, 1.807) is 24.3 Å². The normalized spacial score (nSPS) is 11.9. The van der Waals surface area contributed by atoms with Crippen LogP contribution in [-0.2, 0) is 14.9 Å². The molecule has 0 aliphatic carbocycles. The molecule has 1 aromatic carbocycles. The van der Waals surface area contributed by atoms with Crippen LogP contribution in [0.5, 0.6) is 0 Å². The van der Waals surface area contributed by atoms with Gasteiger partial charge in [0.05, 0.1) is 18.7 Å². The highest BCUT2D eigenvalue weighted by Crippen LogP contribution is 2.26. The van der Waals surface area contributed by atoms with Gasteiger partial charge in [-0.25, -0.2) is 0 Å². The maximum absolute atomic E-state index is 11.5. The van der Waals surface area contributed by atoms with E-state index in [1.807, 2.05) is 19.9 Å². The third kappa shape index (κ3) is 3.22. The van der Waals surface area contributed by atoms with Crippen molar-refractivity contribution >= 4 is 18.4 Å². The average Bonchev–Trinajstić information content (AvgIpc) is 2.36. The molecule has 18 heavy (non-hydrogen) atoms. The number of carbonyl (C=O) groups is 1. The van der Waals surface area contributed by atoms with Gasteiger partial charge in [0.15, 0.2) is 0 Å². The van der Waals surface area contributed by atoms with Gasteiger partial charge in [0.25, 0.3) is 0 Å². The van der Waals surface area contributed by atoms with Gasteiger partial charge in [0.1, 0.15) is 6.04 Å². The number of rotatable bonds is 3. The summed E-state index contributed by atoms with van der Waals surface area (Å²) in [5.41, 5.74) is 6.81. The molecule has 0 saturated carbocycles. The van der Waals surface area contributed by atoms with Gasteiger partial charge in [0, 0.05) is 5.41 Å². The number of benzene rings is 1. The zero-order valence-electron chi connectivity index (χ0n) is 10.6. The second kappa shape index (κ2) is 6.39. The number of esters is 1. The van der Waals surface area contributed by atoms with Gasteiger partial charge in [-0.3, -0.25) is 4.79 Å². The summed E-state index contributed by atoms with van der Waals surface area (Å²) in [6.07, 6.45) is 0. The lowest BCUT2D eigenvalue weighted by Crippen LogP contribution is -2.47. The van der Waals surface area contributed by atoms with Gasteiger partial charge in [0.2, 0.25) is 0 Å². The van der Waals surface area contributed by atoms with Gasteiger partial charge in [-0.05, 0) is 17.7 Å². The Labute approximate surface area is 113 Å². The second-order valence-electron chi connectivity index (χ2n) is 4.41. The quantitative estimate of drug-likeness (QED) is 0.848. The lowest BCUT2D eigenvalue weighted by Gasteiger charge is -2.30. The van der Waals surface area contributed by atoms with E-state index in [-0.39, 0.29) is 12.4 Å². The van der Waals surface area contributed by atoms with E-state index < -0.39 is 17.4 Å². The van der Waals surface area contributed by atoms with Crippen LogP contribution in [-0.4, -0.2) is 19.1 Å². The van der Waals surface area contributed by atoms with Crippen LogP contribution in [0.4, 0.5) is 0 Å². The molecule has 0 radical (unpaired) electrons. The zero-order valence-corrected chi connectivity index (χ0v) is 11.5. The Morgan fingerprint density at radius 2 is 1.89 bits per heavy atom. The fourth-order valence-corrected chi connectivity index (χ4v) is 1.58. The van der Waals surface area contributed by atoms with Crippen LogP contribution in [0.1, 0.15) is 25.0 Å². The number of nitrogens with zero attached hydrogens (tertiary/aromatic N) is 1. The Balaban J connectivity index is 0.00000289. The predicted octanol–water partition coefficient (Wildman–Crippen LogP) is 1.76. The number of nitrogens with two attached hydrogens (primary N) is 1. The number of methoxy groups -OCH3 is 1. The highest BCUT2D eigenvalue weighted by atomic mass is 35.5. The second-order valence-corrected chi connectivity index (χ2v) is 4.41. The summed E-state index contributed by atoms with van der Waals surface area (Å²) in [7, 11) is 1.32. The lowest BCUT2D eigenvalue weighted by molar-refractivity contribution is -0.143. The van der Waals surface area contributed by atoms with Crippen LogP contribution in [0.15, 0.2) is 24.3 Å². The molecule has 0 amide bonds. The molecule has 1 atom stereocenters. The van der Waals surface area contributed by atoms with Crippen LogP contribution in [0.3, 0.4) is 0 Å². The van der Waals surface area contributed by atoms with Crippen molar-refractivity contribution in [3.05, 3.63) is 35.4 Å². The molecule has 0 aliphatic heterocycles. The first kappa shape index (κ1) is 16.4. The van der Waals surface area contributed by atoms with Crippen molar-refractivity contribution in [2.24, 2.45) is 5.73 Å². The zero-order chi connectivity index (χ0) is 13.1. The first-order valence-electron chi connectivity index (χ1n) is 5.27. The largest absolute Gasteiger partial charge is 0.468 e. The monoisotopic (exact) mass is 268 g/mol. The molecule has 0 saturated heterocycles. The molecule has 2 N–H and O–H groups in total. The van der Waals surface area contributed by atoms with Crippen molar-refractivity contribution < 1.29 is 9.53 Å². The summed E-state index contributed by atoms with van der Waals surface area (Å²) in [5, 5.41) is 8.72. The van der Waals surface area contributed by atoms with Crippen molar-refractivity contribution in [3.8, 4) is 6.07 Å². The summed E-state index contributed by atoms with van der Waals surface area (Å²) in [5.74, 6) is -0.445. The summed E-state index contributed by atoms with van der Waals surface area (Å²) in [6, 6.07) is 8.34. The van der Waals surface area contributed by atoms with Crippen molar-refractivity contribution in [2.45, 2.75) is 25.3 Å². The average molecular weight is 269 g/mol. The molecule has 0 fully saturated rings. The Morgan fingerprint density at radius 3 is 2.28 bits per heavy atom. The minimum Gasteiger partial charge on any atom is -0.468 e. The summed E-state index contributed by atoms with van der Waals surface area (Å²) in [6.45, 7) is 3.74. The van der Waals surface area contributed by atoms with Gasteiger partial charge < -0.3 is 10.5 Å². The van der Waals surface area contributed by atoms with Crippen LogP contribution >= 0.6 is 12.4 Å². The van der Waals surface area contributed by atoms with Crippen LogP contribution in [0.2, 0.25) is 0 Å². The smallest absolute Gasteiger partial charge is 0.323 e. The van der Waals surface area contributed by atoms with Crippen molar-refractivity contribution in [1.82, 2.24) is 0 Å². The fourth-order valence-electron chi connectivity index (χ4n) is 1.58. The van der Waals surface area contributed by atoms with E-state index in [4.69, 9.17) is 11.0 Å². The standard InChI is InChI=1S/C13H16N2O2.ClH/c1-13(2,11(15)12(16)17-3)10-6-4-9(8-14)5-7-10;/h4-7,11H,15H2,1-3H3;1H. The summed E-state index contributed by atoms with van der Waals surface area (Å²) < 4.78 is 4.65. The van der Waals surface area contributed by atoms with Crippen molar-refractivity contribution in [3.63, 3.8) is 0 Å². The van der Waals surface area contributed by atoms with Crippen molar-refractivity contribution in [1.29, 1.82) is 5.26 Å². The number of halogens is 1. The molecule has 1 aromatic rings.